The van der Waals surface area contributed by atoms with Gasteiger partial charge >= 0.3 is 13.5 Å². The predicted molar refractivity (Wildman–Crippen MR) is 135 cm³/mol. The molecule has 2 aliphatic heterocycles. The highest BCUT2D eigenvalue weighted by Crippen LogP contribution is 2.49. The van der Waals surface area contributed by atoms with Crippen molar-refractivity contribution in [1.29, 1.82) is 0 Å². The van der Waals surface area contributed by atoms with E-state index in [9.17, 15) is 29.3 Å². The van der Waals surface area contributed by atoms with Gasteiger partial charge in [0.25, 0.3) is 5.56 Å². The van der Waals surface area contributed by atoms with Gasteiger partial charge in [0, 0.05) is 20.0 Å². The summed E-state index contributed by atoms with van der Waals surface area (Å²) in [5.74, 6) is -0.103. The second-order valence-corrected chi connectivity index (χ2v) is 10.5. The third kappa shape index (κ3) is 6.30. The summed E-state index contributed by atoms with van der Waals surface area (Å²) in [5.41, 5.74) is 4.34. The zero-order chi connectivity index (χ0) is 29.3. The van der Waals surface area contributed by atoms with Gasteiger partial charge in [0.2, 0.25) is 11.9 Å². The standard InChI is InChI=1S/C20H28N9O11P/c1-36-8-24-19-25-16-15(17(32)26-19)22-6-28(16)13-2-9(31)12(39-13)5-37-41(34,35)40-10-3-14(38-11(10)4-30)29-7-23-18(21)27-20(29)33/h6-7,9-14,30-31H,2-5,8H2,1H3,(H,34,35)(H2,21,27,33)(H2,24,25,26,32)/t9?,10?,11-,12-,13-,14?/m1/s1. The number of imidazole rings is 1. The number of phosphoric ester groups is 1. The molecule has 7 atom stereocenters. The number of ether oxygens (including phenoxy) is 3. The number of aromatic amines is 1. The maximum Gasteiger partial charge on any atom is 0.472 e. The molecule has 0 radical (unpaired) electrons. The van der Waals surface area contributed by atoms with E-state index in [1.165, 1.54) is 18.0 Å². The Labute approximate surface area is 229 Å². The van der Waals surface area contributed by atoms with E-state index in [-0.39, 0.29) is 42.6 Å². The largest absolute Gasteiger partial charge is 0.472 e. The third-order valence-electron chi connectivity index (χ3n) is 6.42. The van der Waals surface area contributed by atoms with Crippen LogP contribution in [0.25, 0.3) is 11.2 Å². The number of phosphoric acid groups is 1. The van der Waals surface area contributed by atoms with Crippen LogP contribution >= 0.6 is 7.82 Å². The minimum atomic E-state index is -4.77. The van der Waals surface area contributed by atoms with Gasteiger partial charge in [0.15, 0.2) is 11.2 Å². The first-order chi connectivity index (χ1) is 19.6. The second kappa shape index (κ2) is 11.9. The summed E-state index contributed by atoms with van der Waals surface area (Å²) in [4.78, 5) is 52.9. The van der Waals surface area contributed by atoms with Crippen molar-refractivity contribution in [3.8, 4) is 0 Å². The Balaban J connectivity index is 1.22. The van der Waals surface area contributed by atoms with Gasteiger partial charge in [-0.3, -0.25) is 28.0 Å². The number of H-pyrrole nitrogens is 1. The first kappa shape index (κ1) is 29.2. The van der Waals surface area contributed by atoms with Crippen LogP contribution in [0.1, 0.15) is 25.3 Å². The third-order valence-corrected chi connectivity index (χ3v) is 7.43. The molecule has 2 aliphatic rings. The molecule has 20 nitrogen and oxygen atoms in total. The van der Waals surface area contributed by atoms with E-state index in [0.717, 1.165) is 10.9 Å². The Bertz CT molecular complexity index is 1550. The number of rotatable bonds is 11. The molecule has 0 bridgehead atoms. The van der Waals surface area contributed by atoms with Crippen LogP contribution < -0.4 is 22.3 Å². The van der Waals surface area contributed by atoms with Crippen molar-refractivity contribution in [2.45, 2.75) is 49.7 Å². The van der Waals surface area contributed by atoms with Crippen molar-refractivity contribution in [2.75, 3.05) is 38.1 Å². The predicted octanol–water partition coefficient (Wildman–Crippen LogP) is -2.20. The number of anilines is 2. The molecule has 0 spiro atoms. The SMILES string of the molecule is COCNc1nc2c(ncn2[C@H]2CC(O)[C@@H](COP(=O)(O)OC3CC(n4cnc(N)nc4=O)O[C@@H]3CO)O2)c(=O)[nH]1. The number of methoxy groups -OCH3 is 1. The van der Waals surface area contributed by atoms with Gasteiger partial charge in [-0.15, -0.1) is 0 Å². The molecule has 5 heterocycles. The summed E-state index contributed by atoms with van der Waals surface area (Å²) in [7, 11) is -3.31. The molecular weight excluding hydrogens is 573 g/mol. The van der Waals surface area contributed by atoms with Gasteiger partial charge in [0.05, 0.1) is 25.6 Å². The molecule has 7 N–H and O–H groups in total. The van der Waals surface area contributed by atoms with Crippen LogP contribution in [0, 0.1) is 0 Å². The Morgan fingerprint density at radius 2 is 1.90 bits per heavy atom. The quantitative estimate of drug-likeness (QED) is 0.100. The van der Waals surface area contributed by atoms with Crippen molar-refractivity contribution in [1.82, 2.24) is 34.1 Å². The zero-order valence-electron chi connectivity index (χ0n) is 21.5. The van der Waals surface area contributed by atoms with Gasteiger partial charge in [-0.05, 0) is 0 Å². The number of aliphatic hydroxyl groups is 2. The van der Waals surface area contributed by atoms with E-state index >= 15 is 0 Å². The summed E-state index contributed by atoms with van der Waals surface area (Å²) in [5, 5.41) is 23.0. The molecule has 21 heteroatoms. The maximum absolute atomic E-state index is 12.7. The molecule has 3 aromatic heterocycles. The molecule has 5 rings (SSSR count). The smallest absolute Gasteiger partial charge is 0.394 e. The number of aromatic nitrogens is 7. The summed E-state index contributed by atoms with van der Waals surface area (Å²) in [6.07, 6.45) is -3.85. The fraction of sp³-hybridized carbons (Fsp3) is 0.600. The van der Waals surface area contributed by atoms with E-state index in [1.807, 2.05) is 0 Å². The fourth-order valence-electron chi connectivity index (χ4n) is 4.47. The van der Waals surface area contributed by atoms with Crippen molar-refractivity contribution >= 4 is 30.9 Å². The van der Waals surface area contributed by atoms with Gasteiger partial charge in [0.1, 0.15) is 43.8 Å². The molecule has 2 fully saturated rings. The number of nitrogens with two attached hydrogens (primary N) is 1. The molecule has 224 valence electrons. The lowest BCUT2D eigenvalue weighted by Gasteiger charge is -2.21. The Kier molecular flexibility index (Phi) is 8.45. The Morgan fingerprint density at radius 3 is 2.63 bits per heavy atom. The van der Waals surface area contributed by atoms with Crippen molar-refractivity contribution < 1.29 is 42.9 Å². The number of nitrogen functional groups attached to an aromatic ring is 1. The summed E-state index contributed by atoms with van der Waals surface area (Å²) < 4.78 is 41.8. The fourth-order valence-corrected chi connectivity index (χ4v) is 5.43. The minimum Gasteiger partial charge on any atom is -0.394 e. The lowest BCUT2D eigenvalue weighted by Crippen LogP contribution is -2.29. The number of fused-ring (bicyclic) bond motifs is 1. The molecule has 41 heavy (non-hydrogen) atoms. The molecular formula is C20H28N9O11P. The van der Waals surface area contributed by atoms with E-state index in [4.69, 9.17) is 29.0 Å². The first-order valence-electron chi connectivity index (χ1n) is 12.2. The summed E-state index contributed by atoms with van der Waals surface area (Å²) in [6.45, 7) is -1.04. The number of aliphatic hydroxyl groups excluding tert-OH is 2. The topological polar surface area (TPSA) is 273 Å². The molecule has 4 unspecified atom stereocenters. The lowest BCUT2D eigenvalue weighted by atomic mass is 10.2. The Morgan fingerprint density at radius 1 is 1.17 bits per heavy atom. The van der Waals surface area contributed by atoms with Crippen LogP contribution in [0.5, 0.6) is 0 Å². The number of hydrogen-bond donors (Lipinski definition) is 6. The van der Waals surface area contributed by atoms with E-state index < -0.39 is 69.2 Å². The molecule has 0 saturated carbocycles. The average molecular weight is 601 g/mol. The number of nitrogens with one attached hydrogen (secondary N) is 2. The van der Waals surface area contributed by atoms with Crippen LogP contribution in [0.2, 0.25) is 0 Å². The number of nitrogens with zero attached hydrogens (tertiary/aromatic N) is 6. The normalized spacial score (nSPS) is 27.8. The average Bonchev–Trinajstić information content (AvgIpc) is 3.62. The highest BCUT2D eigenvalue weighted by Gasteiger charge is 2.43. The first-order valence-corrected chi connectivity index (χ1v) is 13.7. The van der Waals surface area contributed by atoms with Gasteiger partial charge in [-0.1, -0.05) is 0 Å². The highest BCUT2D eigenvalue weighted by atomic mass is 31.2. The van der Waals surface area contributed by atoms with Crippen molar-refractivity contribution in [3.63, 3.8) is 0 Å². The van der Waals surface area contributed by atoms with E-state index in [2.05, 4.69) is 30.2 Å². The van der Waals surface area contributed by atoms with Crippen LogP contribution in [-0.2, 0) is 27.8 Å². The van der Waals surface area contributed by atoms with Gasteiger partial charge < -0.3 is 40.4 Å². The van der Waals surface area contributed by atoms with Crippen LogP contribution in [0.3, 0.4) is 0 Å². The molecule has 2 saturated heterocycles. The molecule has 0 amide bonds. The molecule has 0 aromatic carbocycles. The van der Waals surface area contributed by atoms with Crippen LogP contribution in [0.4, 0.5) is 11.9 Å². The maximum atomic E-state index is 12.7. The van der Waals surface area contributed by atoms with E-state index in [1.54, 1.807) is 0 Å². The van der Waals surface area contributed by atoms with Gasteiger partial charge in [-0.2, -0.15) is 9.97 Å². The van der Waals surface area contributed by atoms with Crippen molar-refractivity contribution in [2.24, 2.45) is 0 Å². The highest BCUT2D eigenvalue weighted by molar-refractivity contribution is 7.47. The monoisotopic (exact) mass is 601 g/mol. The minimum absolute atomic E-state index is 0.0362. The van der Waals surface area contributed by atoms with Crippen LogP contribution in [-0.4, -0.2) is 101 Å². The van der Waals surface area contributed by atoms with Crippen molar-refractivity contribution in [3.05, 3.63) is 33.5 Å². The lowest BCUT2D eigenvalue weighted by molar-refractivity contribution is -0.0565. The van der Waals surface area contributed by atoms with Crippen LogP contribution in [0.15, 0.2) is 22.2 Å². The number of hydrogen-bond acceptors (Lipinski definition) is 16. The summed E-state index contributed by atoms with van der Waals surface area (Å²) >= 11 is 0. The Hall–Kier alpha value is -3.33. The summed E-state index contributed by atoms with van der Waals surface area (Å²) in [6, 6.07) is 0. The van der Waals surface area contributed by atoms with Gasteiger partial charge in [-0.25, -0.2) is 19.3 Å². The second-order valence-electron chi connectivity index (χ2n) is 9.14. The zero-order valence-corrected chi connectivity index (χ0v) is 22.4. The van der Waals surface area contributed by atoms with E-state index in [0.29, 0.717) is 0 Å². The molecule has 0 aliphatic carbocycles. The molecule has 3 aromatic rings.